The lowest BCUT2D eigenvalue weighted by atomic mass is 9.74. The Bertz CT molecular complexity index is 2060. The van der Waals surface area contributed by atoms with E-state index in [1.165, 1.54) is 5.56 Å². The Hall–Kier alpha value is -5.61. The van der Waals surface area contributed by atoms with Gasteiger partial charge in [0, 0.05) is 71.5 Å². The number of rotatable bonds is 4. The summed E-state index contributed by atoms with van der Waals surface area (Å²) < 4.78 is 0. The van der Waals surface area contributed by atoms with Gasteiger partial charge < -0.3 is 19.8 Å². The molecule has 0 bridgehead atoms. The molecule has 7 heteroatoms. The number of nitriles is 1. The number of aromatic amines is 2. The molecule has 2 aliphatic rings. The lowest BCUT2D eigenvalue weighted by Crippen LogP contribution is -2.44. The van der Waals surface area contributed by atoms with Gasteiger partial charge >= 0.3 is 0 Å². The van der Waals surface area contributed by atoms with E-state index in [0.29, 0.717) is 37.4 Å². The summed E-state index contributed by atoms with van der Waals surface area (Å²) in [6.45, 7) is 2.88. The number of aromatic nitrogens is 2. The first-order valence-corrected chi connectivity index (χ1v) is 16.8. The molecule has 7 nitrogen and oxygen atoms in total. The molecule has 2 aliphatic heterocycles. The molecule has 0 radical (unpaired) electrons. The number of amides is 2. The van der Waals surface area contributed by atoms with Crippen LogP contribution in [0.3, 0.4) is 0 Å². The number of H-pyrrole nitrogens is 2. The summed E-state index contributed by atoms with van der Waals surface area (Å²) in [7, 11) is 0. The lowest BCUT2D eigenvalue weighted by Gasteiger charge is -2.37. The summed E-state index contributed by atoms with van der Waals surface area (Å²) >= 11 is 0. The highest BCUT2D eigenvalue weighted by Gasteiger charge is 2.37. The van der Waals surface area contributed by atoms with Crippen LogP contribution in [0.4, 0.5) is 0 Å². The average molecular weight is 634 g/mol. The number of hydrogen-bond donors (Lipinski definition) is 2. The maximum absolute atomic E-state index is 12.8. The van der Waals surface area contributed by atoms with Crippen molar-refractivity contribution in [2.45, 2.75) is 37.0 Å². The van der Waals surface area contributed by atoms with Gasteiger partial charge in [-0.15, -0.1) is 0 Å². The van der Waals surface area contributed by atoms with Crippen LogP contribution in [0.5, 0.6) is 0 Å². The Kier molecular flexibility index (Phi) is 8.80. The number of likely N-dealkylation sites (tertiary alicyclic amines) is 2. The first kappa shape index (κ1) is 31.0. The molecule has 0 atom stereocenters. The first-order valence-electron chi connectivity index (χ1n) is 16.8. The number of benzene rings is 4. The highest BCUT2D eigenvalue weighted by atomic mass is 16.2. The van der Waals surface area contributed by atoms with E-state index in [1.807, 2.05) is 101 Å². The second kappa shape index (κ2) is 13.6. The molecule has 0 saturated carbocycles. The quantitative estimate of drug-likeness (QED) is 0.206. The number of nitrogens with one attached hydrogen (secondary N) is 2. The summed E-state index contributed by atoms with van der Waals surface area (Å²) in [5.41, 5.74) is 5.56. The third-order valence-corrected chi connectivity index (χ3v) is 10.1. The van der Waals surface area contributed by atoms with Gasteiger partial charge in [0.2, 0.25) is 0 Å². The number of hydrogen-bond acceptors (Lipinski definition) is 3. The van der Waals surface area contributed by atoms with Crippen molar-refractivity contribution in [2.75, 3.05) is 26.2 Å². The zero-order chi connectivity index (χ0) is 32.9. The fourth-order valence-corrected chi connectivity index (χ4v) is 7.19. The van der Waals surface area contributed by atoms with E-state index < -0.39 is 5.41 Å². The second-order valence-corrected chi connectivity index (χ2v) is 12.9. The SMILES string of the molecule is N#CC1(c2ccccc2)CCN(C(=O)c2ccc3[nH]ccc3c2)CC1.O=C(c1ccc2[nH]ccc2c1)N1CCC(c2ccccc2)CC1. The van der Waals surface area contributed by atoms with E-state index in [9.17, 15) is 14.9 Å². The second-order valence-electron chi connectivity index (χ2n) is 12.9. The predicted molar refractivity (Wildman–Crippen MR) is 190 cm³/mol. The van der Waals surface area contributed by atoms with Crippen molar-refractivity contribution >= 4 is 33.6 Å². The Balaban J connectivity index is 0.000000152. The highest BCUT2D eigenvalue weighted by molar-refractivity contribution is 5.99. The minimum absolute atomic E-state index is 0.0442. The summed E-state index contributed by atoms with van der Waals surface area (Å²) in [4.78, 5) is 35.7. The van der Waals surface area contributed by atoms with Crippen LogP contribution in [-0.4, -0.2) is 57.8 Å². The first-order chi connectivity index (χ1) is 23.5. The van der Waals surface area contributed by atoms with Gasteiger partial charge in [0.05, 0.1) is 11.5 Å². The van der Waals surface area contributed by atoms with Crippen molar-refractivity contribution in [3.63, 3.8) is 0 Å². The lowest BCUT2D eigenvalue weighted by molar-refractivity contribution is 0.0689. The fourth-order valence-electron chi connectivity index (χ4n) is 7.19. The number of carbonyl (C=O) groups is 2. The van der Waals surface area contributed by atoms with Crippen molar-refractivity contribution in [3.05, 3.63) is 144 Å². The minimum atomic E-state index is -0.483. The van der Waals surface area contributed by atoms with Crippen LogP contribution >= 0.6 is 0 Å². The molecule has 2 aromatic heterocycles. The Labute approximate surface area is 280 Å². The van der Waals surface area contributed by atoms with E-state index in [4.69, 9.17) is 0 Å². The molecule has 6 aromatic rings. The molecule has 48 heavy (non-hydrogen) atoms. The predicted octanol–water partition coefficient (Wildman–Crippen LogP) is 8.05. The van der Waals surface area contributed by atoms with Crippen LogP contribution in [-0.2, 0) is 5.41 Å². The molecule has 4 heterocycles. The van der Waals surface area contributed by atoms with Crippen molar-refractivity contribution < 1.29 is 9.59 Å². The summed E-state index contributed by atoms with van der Waals surface area (Å²) in [6, 6.07) is 38.7. The molecule has 2 N–H and O–H groups in total. The molecule has 0 aliphatic carbocycles. The molecule has 240 valence electrons. The molecular formula is C41H39N5O2. The molecule has 0 spiro atoms. The minimum Gasteiger partial charge on any atom is -0.361 e. The summed E-state index contributed by atoms with van der Waals surface area (Å²) in [5.74, 6) is 0.773. The van der Waals surface area contributed by atoms with E-state index in [2.05, 4.69) is 46.4 Å². The van der Waals surface area contributed by atoms with Gasteiger partial charge in [0.25, 0.3) is 11.8 Å². The van der Waals surface area contributed by atoms with Gasteiger partial charge in [-0.25, -0.2) is 0 Å². The van der Waals surface area contributed by atoms with Gasteiger partial charge in [-0.2, -0.15) is 5.26 Å². The molecule has 2 saturated heterocycles. The van der Waals surface area contributed by atoms with Crippen LogP contribution in [0.1, 0.15) is 63.4 Å². The summed E-state index contributed by atoms with van der Waals surface area (Å²) in [5, 5.41) is 11.9. The third-order valence-electron chi connectivity index (χ3n) is 10.1. The third kappa shape index (κ3) is 6.34. The van der Waals surface area contributed by atoms with Gasteiger partial charge in [0.1, 0.15) is 0 Å². The van der Waals surface area contributed by atoms with Crippen LogP contribution in [0.2, 0.25) is 0 Å². The molecule has 4 aromatic carbocycles. The smallest absolute Gasteiger partial charge is 0.253 e. The zero-order valence-corrected chi connectivity index (χ0v) is 26.9. The monoisotopic (exact) mass is 633 g/mol. The standard InChI is InChI=1S/C21H19N3O.C20H20N2O/c22-15-21(18-4-2-1-3-5-18)9-12-24(13-10-21)20(25)17-6-7-19-16(14-17)8-11-23-19;23-20(18-6-7-19-17(14-18)8-11-21-19)22-12-9-16(10-13-22)15-4-2-1-3-5-15/h1-8,11,14,23H,9-10,12-13H2;1-8,11,14,16,21H,9-10,12-13H2. The molecule has 2 amide bonds. The molecule has 0 unspecified atom stereocenters. The zero-order valence-electron chi connectivity index (χ0n) is 26.9. The van der Waals surface area contributed by atoms with E-state index in [-0.39, 0.29) is 11.8 Å². The summed E-state index contributed by atoms with van der Waals surface area (Å²) in [6.07, 6.45) is 7.22. The van der Waals surface area contributed by atoms with Crippen molar-refractivity contribution in [1.82, 2.24) is 19.8 Å². The van der Waals surface area contributed by atoms with Gasteiger partial charge in [-0.05, 0) is 91.3 Å². The van der Waals surface area contributed by atoms with Gasteiger partial charge in [-0.1, -0.05) is 60.7 Å². The number of carbonyl (C=O) groups excluding carboxylic acids is 2. The van der Waals surface area contributed by atoms with E-state index >= 15 is 0 Å². The van der Waals surface area contributed by atoms with Crippen LogP contribution in [0, 0.1) is 11.3 Å². The Morgan fingerprint density at radius 3 is 1.67 bits per heavy atom. The normalized spacial score (nSPS) is 16.2. The van der Waals surface area contributed by atoms with E-state index in [1.54, 1.807) is 0 Å². The van der Waals surface area contributed by atoms with Crippen molar-refractivity contribution in [2.24, 2.45) is 0 Å². The largest absolute Gasteiger partial charge is 0.361 e. The maximum Gasteiger partial charge on any atom is 0.253 e. The molecular weight excluding hydrogens is 594 g/mol. The van der Waals surface area contributed by atoms with Crippen LogP contribution < -0.4 is 0 Å². The number of piperidine rings is 2. The maximum atomic E-state index is 12.8. The van der Waals surface area contributed by atoms with Crippen LogP contribution in [0.25, 0.3) is 21.8 Å². The van der Waals surface area contributed by atoms with Crippen molar-refractivity contribution in [1.29, 1.82) is 5.26 Å². The van der Waals surface area contributed by atoms with Gasteiger partial charge in [-0.3, -0.25) is 9.59 Å². The molecule has 2 fully saturated rings. The van der Waals surface area contributed by atoms with Crippen LogP contribution in [0.15, 0.2) is 122 Å². The average Bonchev–Trinajstić information content (AvgIpc) is 3.85. The van der Waals surface area contributed by atoms with E-state index in [0.717, 1.165) is 58.9 Å². The van der Waals surface area contributed by atoms with Gasteiger partial charge in [0.15, 0.2) is 0 Å². The Morgan fingerprint density at radius 1 is 0.646 bits per heavy atom. The Morgan fingerprint density at radius 2 is 1.15 bits per heavy atom. The van der Waals surface area contributed by atoms with Crippen molar-refractivity contribution in [3.8, 4) is 6.07 Å². The number of fused-ring (bicyclic) bond motifs is 2. The molecule has 8 rings (SSSR count). The highest BCUT2D eigenvalue weighted by Crippen LogP contribution is 2.35. The number of nitrogens with zero attached hydrogens (tertiary/aromatic N) is 3. The fraction of sp³-hybridized carbons (Fsp3) is 0.244. The topological polar surface area (TPSA) is 96.0 Å².